The van der Waals surface area contributed by atoms with Gasteiger partial charge in [-0.05, 0) is 24.6 Å². The number of methoxy groups -OCH3 is 2. The Kier molecular flexibility index (Phi) is 5.27. The highest BCUT2D eigenvalue weighted by Gasteiger charge is 2.23. The van der Waals surface area contributed by atoms with E-state index in [-0.39, 0.29) is 18.0 Å². The van der Waals surface area contributed by atoms with Crippen LogP contribution in [-0.2, 0) is 22.6 Å². The van der Waals surface area contributed by atoms with Crippen LogP contribution in [-0.4, -0.2) is 53.1 Å². The summed E-state index contributed by atoms with van der Waals surface area (Å²) in [5, 5.41) is 4.42. The fourth-order valence-corrected chi connectivity index (χ4v) is 4.43. The van der Waals surface area contributed by atoms with E-state index in [0.717, 1.165) is 28.2 Å². The molecule has 0 bridgehead atoms. The number of aromatic nitrogens is 3. The number of benzene rings is 1. The Hall–Kier alpha value is -2.52. The van der Waals surface area contributed by atoms with E-state index in [2.05, 4.69) is 5.32 Å². The number of thioether (sulfide) groups is 1. The zero-order chi connectivity index (χ0) is 19.7. The van der Waals surface area contributed by atoms with Crippen molar-refractivity contribution in [2.45, 2.75) is 24.7 Å². The number of fused-ring (bicyclic) bond motifs is 4. The molecule has 2 aromatic heterocycles. The zero-order valence-electron chi connectivity index (χ0n) is 15.9. The summed E-state index contributed by atoms with van der Waals surface area (Å²) < 4.78 is 13.8. The first kappa shape index (κ1) is 18.8. The minimum Gasteiger partial charge on any atom is -0.497 e. The van der Waals surface area contributed by atoms with Crippen LogP contribution in [0.25, 0.3) is 21.9 Å². The first-order valence-electron chi connectivity index (χ1n) is 9.13. The maximum absolute atomic E-state index is 13.2. The number of ether oxygens (including phenoxy) is 2. The van der Waals surface area contributed by atoms with Crippen LogP contribution in [0.4, 0.5) is 0 Å². The number of hydrogen-bond acceptors (Lipinski definition) is 6. The maximum atomic E-state index is 13.2. The van der Waals surface area contributed by atoms with Gasteiger partial charge in [-0.15, -0.1) is 0 Å². The predicted molar refractivity (Wildman–Crippen MR) is 108 cm³/mol. The minimum atomic E-state index is -0.148. The fourth-order valence-electron chi connectivity index (χ4n) is 3.49. The topological polar surface area (TPSA) is 87.4 Å². The summed E-state index contributed by atoms with van der Waals surface area (Å²) >= 11 is 1.57. The van der Waals surface area contributed by atoms with Crippen molar-refractivity contribution >= 4 is 39.6 Å². The first-order valence-corrected chi connectivity index (χ1v) is 10.1. The van der Waals surface area contributed by atoms with Gasteiger partial charge in [0, 0.05) is 37.9 Å². The molecule has 4 rings (SSSR count). The van der Waals surface area contributed by atoms with Crippen molar-refractivity contribution in [1.29, 1.82) is 0 Å². The summed E-state index contributed by atoms with van der Waals surface area (Å²) in [5.41, 5.74) is 1.77. The molecule has 1 aliphatic heterocycles. The van der Waals surface area contributed by atoms with Gasteiger partial charge in [0.25, 0.3) is 5.56 Å². The fraction of sp³-hybridized carbons (Fsp3) is 0.421. The second-order valence-electron chi connectivity index (χ2n) is 6.56. The van der Waals surface area contributed by atoms with Crippen LogP contribution in [0.15, 0.2) is 28.2 Å². The van der Waals surface area contributed by atoms with Crippen molar-refractivity contribution in [2.24, 2.45) is 0 Å². The number of nitrogens with zero attached hydrogens (tertiary/aromatic N) is 3. The molecular weight excluding hydrogens is 380 g/mol. The number of carbonyl (C=O) groups is 1. The Labute approximate surface area is 165 Å². The molecule has 1 aliphatic rings. The summed E-state index contributed by atoms with van der Waals surface area (Å²) in [6.45, 7) is 1.81. The molecule has 0 saturated heterocycles. The van der Waals surface area contributed by atoms with Crippen molar-refractivity contribution in [3.63, 3.8) is 0 Å². The molecule has 8 nitrogen and oxygen atoms in total. The normalized spacial score (nSPS) is 13.2. The zero-order valence-corrected chi connectivity index (χ0v) is 16.7. The third-order valence-electron chi connectivity index (χ3n) is 4.83. The smallest absolute Gasteiger partial charge is 0.278 e. The lowest BCUT2D eigenvalue weighted by molar-refractivity contribution is -0.121. The van der Waals surface area contributed by atoms with Crippen LogP contribution in [0.3, 0.4) is 0 Å². The third-order valence-corrected chi connectivity index (χ3v) is 5.78. The van der Waals surface area contributed by atoms with Crippen molar-refractivity contribution in [2.75, 3.05) is 33.1 Å². The summed E-state index contributed by atoms with van der Waals surface area (Å²) in [6, 6.07) is 5.57. The molecule has 0 fully saturated rings. The van der Waals surface area contributed by atoms with Crippen molar-refractivity contribution in [3.05, 3.63) is 28.6 Å². The highest BCUT2D eigenvalue weighted by Crippen LogP contribution is 2.32. The lowest BCUT2D eigenvalue weighted by Crippen LogP contribution is -2.30. The maximum Gasteiger partial charge on any atom is 0.278 e. The standard InChI is InChI=1S/C19H22N4O4S/c1-26-8-3-6-20-15(24)11-23-14-5-4-12(27-2)10-13(14)16-17(23)18(25)22-7-9-28-19(22)21-16/h4-5,10H,3,6-9,11H2,1-2H3,(H,20,24). The van der Waals surface area contributed by atoms with E-state index < -0.39 is 0 Å². The number of rotatable bonds is 7. The third kappa shape index (κ3) is 3.24. The number of carbonyl (C=O) groups excluding carboxylic acids is 1. The van der Waals surface area contributed by atoms with Gasteiger partial charge in [-0.1, -0.05) is 11.8 Å². The highest BCUT2D eigenvalue weighted by molar-refractivity contribution is 7.99. The van der Waals surface area contributed by atoms with Crippen LogP contribution >= 0.6 is 11.8 Å². The van der Waals surface area contributed by atoms with Crippen molar-refractivity contribution < 1.29 is 14.3 Å². The molecule has 0 atom stereocenters. The van der Waals surface area contributed by atoms with Crippen LogP contribution in [0, 0.1) is 0 Å². The molecule has 0 radical (unpaired) electrons. The highest BCUT2D eigenvalue weighted by atomic mass is 32.2. The molecule has 0 unspecified atom stereocenters. The molecule has 3 heterocycles. The van der Waals surface area contributed by atoms with Gasteiger partial charge in [0.15, 0.2) is 5.16 Å². The van der Waals surface area contributed by atoms with Gasteiger partial charge < -0.3 is 19.4 Å². The Morgan fingerprint density at radius 1 is 1.36 bits per heavy atom. The number of amides is 1. The summed E-state index contributed by atoms with van der Waals surface area (Å²) in [4.78, 5) is 30.4. The van der Waals surface area contributed by atoms with Crippen LogP contribution in [0.1, 0.15) is 6.42 Å². The molecule has 0 saturated carbocycles. The molecule has 148 valence electrons. The predicted octanol–water partition coefficient (Wildman–Crippen LogP) is 1.62. The average molecular weight is 402 g/mol. The average Bonchev–Trinajstić information content (AvgIpc) is 3.29. The molecule has 3 aromatic rings. The Balaban J connectivity index is 1.81. The van der Waals surface area contributed by atoms with Gasteiger partial charge >= 0.3 is 0 Å². The van der Waals surface area contributed by atoms with Crippen molar-refractivity contribution in [3.8, 4) is 5.75 Å². The van der Waals surface area contributed by atoms with E-state index in [1.165, 1.54) is 0 Å². The quantitative estimate of drug-likeness (QED) is 0.477. The molecule has 1 amide bonds. The van der Waals surface area contributed by atoms with Gasteiger partial charge in [-0.3, -0.25) is 14.2 Å². The molecular formula is C19H22N4O4S. The van der Waals surface area contributed by atoms with Crippen molar-refractivity contribution in [1.82, 2.24) is 19.4 Å². The number of nitrogens with one attached hydrogen (secondary N) is 1. The van der Waals surface area contributed by atoms with Gasteiger partial charge in [0.1, 0.15) is 23.3 Å². The first-order chi connectivity index (χ1) is 13.6. The van der Waals surface area contributed by atoms with Gasteiger partial charge in [-0.25, -0.2) is 4.98 Å². The SMILES string of the molecule is COCCCNC(=O)Cn1c2ccc(OC)cc2c2nc3n(c(=O)c21)CCS3. The lowest BCUT2D eigenvalue weighted by Gasteiger charge is -2.09. The van der Waals surface area contributed by atoms with E-state index in [1.54, 1.807) is 35.1 Å². The van der Waals surface area contributed by atoms with Gasteiger partial charge in [0.05, 0.1) is 12.6 Å². The van der Waals surface area contributed by atoms with Crippen LogP contribution in [0.5, 0.6) is 5.75 Å². The van der Waals surface area contributed by atoms with E-state index in [0.29, 0.717) is 36.5 Å². The summed E-state index contributed by atoms with van der Waals surface area (Å²) in [5.74, 6) is 1.37. The monoisotopic (exact) mass is 402 g/mol. The number of hydrogen-bond donors (Lipinski definition) is 1. The summed E-state index contributed by atoms with van der Waals surface area (Å²) in [7, 11) is 3.23. The Bertz CT molecular complexity index is 1100. The molecule has 0 aliphatic carbocycles. The lowest BCUT2D eigenvalue weighted by atomic mass is 10.2. The molecule has 0 spiro atoms. The minimum absolute atomic E-state index is 0.0583. The van der Waals surface area contributed by atoms with Crippen LogP contribution in [0.2, 0.25) is 0 Å². The van der Waals surface area contributed by atoms with E-state index in [1.807, 2.05) is 18.2 Å². The Morgan fingerprint density at radius 2 is 2.21 bits per heavy atom. The summed E-state index contributed by atoms with van der Waals surface area (Å²) in [6.07, 6.45) is 0.738. The largest absolute Gasteiger partial charge is 0.497 e. The van der Waals surface area contributed by atoms with E-state index in [4.69, 9.17) is 14.5 Å². The second-order valence-corrected chi connectivity index (χ2v) is 7.62. The molecule has 9 heteroatoms. The van der Waals surface area contributed by atoms with Gasteiger partial charge in [0.2, 0.25) is 5.91 Å². The van der Waals surface area contributed by atoms with E-state index >= 15 is 0 Å². The Morgan fingerprint density at radius 3 is 3.00 bits per heavy atom. The molecule has 28 heavy (non-hydrogen) atoms. The van der Waals surface area contributed by atoms with E-state index in [9.17, 15) is 9.59 Å². The second kappa shape index (κ2) is 7.84. The molecule has 1 N–H and O–H groups in total. The van der Waals surface area contributed by atoms with Crippen LogP contribution < -0.4 is 15.6 Å². The molecule has 1 aromatic carbocycles. The van der Waals surface area contributed by atoms with Gasteiger partial charge in [-0.2, -0.15) is 0 Å².